The van der Waals surface area contributed by atoms with Crippen molar-refractivity contribution in [3.63, 3.8) is 0 Å². The second-order valence-corrected chi connectivity index (χ2v) is 8.20. The number of amides is 1. The number of anilines is 1. The van der Waals surface area contributed by atoms with E-state index >= 15 is 0 Å². The number of benzene rings is 3. The zero-order valence-corrected chi connectivity index (χ0v) is 18.8. The maximum atomic E-state index is 13.3. The molecule has 1 amide bonds. The largest absolute Gasteiger partial charge is 0.298 e. The summed E-state index contributed by atoms with van der Waals surface area (Å²) >= 11 is 18.3. The summed E-state index contributed by atoms with van der Waals surface area (Å²) in [4.78, 5) is 26.1. The van der Waals surface area contributed by atoms with Gasteiger partial charge in [-0.3, -0.25) is 25.1 Å². The van der Waals surface area contributed by atoms with Crippen LogP contribution in [0.1, 0.15) is 15.9 Å². The summed E-state index contributed by atoms with van der Waals surface area (Å²) in [6, 6.07) is 21.2. The molecule has 1 heterocycles. The molecule has 0 saturated carbocycles. The van der Waals surface area contributed by atoms with Crippen molar-refractivity contribution in [1.82, 2.24) is 14.8 Å². The molecule has 0 aliphatic heterocycles. The molecule has 0 saturated heterocycles. The van der Waals surface area contributed by atoms with Gasteiger partial charge in [0.2, 0.25) is 0 Å². The van der Waals surface area contributed by atoms with Crippen molar-refractivity contribution in [3.8, 4) is 5.69 Å². The molecule has 0 radical (unpaired) electrons. The van der Waals surface area contributed by atoms with Crippen LogP contribution in [0.4, 0.5) is 5.69 Å². The summed E-state index contributed by atoms with van der Waals surface area (Å²) in [5.74, 6) is -0.587. The van der Waals surface area contributed by atoms with Crippen LogP contribution in [0.3, 0.4) is 0 Å². The van der Waals surface area contributed by atoms with Crippen LogP contribution in [0.25, 0.3) is 5.69 Å². The van der Waals surface area contributed by atoms with Crippen LogP contribution in [0, 0.1) is 0 Å². The summed E-state index contributed by atoms with van der Waals surface area (Å²) in [6.45, 7) is 0.354. The van der Waals surface area contributed by atoms with E-state index in [9.17, 15) is 9.59 Å². The van der Waals surface area contributed by atoms with E-state index < -0.39 is 11.5 Å². The second-order valence-electron chi connectivity index (χ2n) is 6.92. The first-order valence-corrected chi connectivity index (χ1v) is 10.7. The molecule has 4 rings (SSSR count). The Hall–Kier alpha value is -3.19. The number of rotatable bonds is 6. The molecule has 0 bridgehead atoms. The number of hydrogen-bond acceptors (Lipinski definition) is 3. The van der Waals surface area contributed by atoms with Crippen LogP contribution in [0.2, 0.25) is 15.1 Å². The van der Waals surface area contributed by atoms with Crippen LogP contribution in [-0.2, 0) is 6.54 Å². The number of hydrazine groups is 1. The van der Waals surface area contributed by atoms with Crippen LogP contribution < -0.4 is 16.4 Å². The van der Waals surface area contributed by atoms with Crippen molar-refractivity contribution in [2.24, 2.45) is 0 Å². The van der Waals surface area contributed by atoms with Crippen molar-refractivity contribution in [2.75, 3.05) is 5.43 Å². The average molecular weight is 488 g/mol. The van der Waals surface area contributed by atoms with Crippen molar-refractivity contribution in [2.45, 2.75) is 6.54 Å². The third-order valence-corrected chi connectivity index (χ3v) is 5.48. The van der Waals surface area contributed by atoms with E-state index in [1.807, 2.05) is 30.3 Å². The minimum Gasteiger partial charge on any atom is -0.298 e. The van der Waals surface area contributed by atoms with Gasteiger partial charge in [0, 0.05) is 16.2 Å². The van der Waals surface area contributed by atoms with E-state index in [4.69, 9.17) is 34.8 Å². The molecule has 9 heteroatoms. The molecule has 4 aromatic rings. The fraction of sp³-hybridized carbons (Fsp3) is 0.0435. The highest BCUT2D eigenvalue weighted by Crippen LogP contribution is 2.24. The number of halogens is 3. The average Bonchev–Trinajstić information content (AvgIpc) is 3.09. The van der Waals surface area contributed by atoms with Gasteiger partial charge in [-0.25, -0.2) is 4.68 Å². The molecule has 3 aromatic carbocycles. The van der Waals surface area contributed by atoms with Crippen LogP contribution in [-0.4, -0.2) is 15.3 Å². The third kappa shape index (κ3) is 4.83. The summed E-state index contributed by atoms with van der Waals surface area (Å²) in [6.07, 6.45) is 1.50. The molecule has 1 aromatic heterocycles. The fourth-order valence-corrected chi connectivity index (χ4v) is 3.78. The lowest BCUT2D eigenvalue weighted by Crippen LogP contribution is -2.33. The first kappa shape index (κ1) is 22.0. The minimum atomic E-state index is -0.587. The van der Waals surface area contributed by atoms with Gasteiger partial charge in [-0.1, -0.05) is 65.1 Å². The lowest BCUT2D eigenvalue weighted by molar-refractivity contribution is 0.0961. The van der Waals surface area contributed by atoms with E-state index in [0.29, 0.717) is 33.0 Å². The SMILES string of the molecule is O=C(NNc1ccc(Cl)cc1)c1cn(Cc2ccccc2)n(-c2ccc(Cl)cc2Cl)c1=O. The predicted molar refractivity (Wildman–Crippen MR) is 128 cm³/mol. The smallest absolute Gasteiger partial charge is 0.284 e. The maximum Gasteiger partial charge on any atom is 0.284 e. The van der Waals surface area contributed by atoms with Gasteiger partial charge in [0.25, 0.3) is 11.5 Å². The summed E-state index contributed by atoms with van der Waals surface area (Å²) in [5.41, 5.74) is 6.74. The zero-order valence-electron chi connectivity index (χ0n) is 16.6. The highest BCUT2D eigenvalue weighted by Gasteiger charge is 2.20. The second kappa shape index (κ2) is 9.53. The monoisotopic (exact) mass is 486 g/mol. The van der Waals surface area contributed by atoms with E-state index in [-0.39, 0.29) is 5.56 Å². The topological polar surface area (TPSA) is 68.1 Å². The molecule has 32 heavy (non-hydrogen) atoms. The summed E-state index contributed by atoms with van der Waals surface area (Å²) in [7, 11) is 0. The van der Waals surface area contributed by atoms with Crippen molar-refractivity contribution in [1.29, 1.82) is 0 Å². The lowest BCUT2D eigenvalue weighted by atomic mass is 10.2. The third-order valence-electron chi connectivity index (χ3n) is 4.69. The van der Waals surface area contributed by atoms with Crippen molar-refractivity contribution >= 4 is 46.4 Å². The number of aromatic nitrogens is 2. The molecule has 162 valence electrons. The van der Waals surface area contributed by atoms with Gasteiger partial charge in [-0.05, 0) is 48.0 Å². The molecule has 2 N–H and O–H groups in total. The molecule has 0 aliphatic carbocycles. The van der Waals surface area contributed by atoms with Gasteiger partial charge in [-0.15, -0.1) is 0 Å². The first-order valence-electron chi connectivity index (χ1n) is 9.56. The van der Waals surface area contributed by atoms with Gasteiger partial charge in [0.05, 0.1) is 22.9 Å². The molecule has 0 spiro atoms. The van der Waals surface area contributed by atoms with Gasteiger partial charge in [0.15, 0.2) is 0 Å². The Bertz CT molecular complexity index is 1320. The van der Waals surface area contributed by atoms with Crippen molar-refractivity contribution < 1.29 is 4.79 Å². The summed E-state index contributed by atoms with van der Waals surface area (Å²) < 4.78 is 3.01. The number of hydrogen-bond donors (Lipinski definition) is 2. The van der Waals surface area contributed by atoms with Crippen LogP contribution in [0.5, 0.6) is 0 Å². The van der Waals surface area contributed by atoms with Crippen LogP contribution >= 0.6 is 34.8 Å². The number of carbonyl (C=O) groups is 1. The van der Waals surface area contributed by atoms with Gasteiger partial charge >= 0.3 is 0 Å². The van der Waals surface area contributed by atoms with E-state index in [2.05, 4.69) is 10.9 Å². The maximum absolute atomic E-state index is 13.3. The Labute approximate surface area is 198 Å². The molecule has 0 fully saturated rings. The Kier molecular flexibility index (Phi) is 6.55. The molecule has 6 nitrogen and oxygen atoms in total. The standard InChI is InChI=1S/C23H17Cl3N4O2/c24-16-6-9-18(10-7-16)27-28-22(31)19-14-29(13-15-4-2-1-3-5-15)30(23(19)32)21-11-8-17(25)12-20(21)26/h1-12,14,27H,13H2,(H,28,31). The fourth-order valence-electron chi connectivity index (χ4n) is 3.17. The molecular weight excluding hydrogens is 471 g/mol. The molecule has 0 aliphatic rings. The Morgan fingerprint density at radius 1 is 0.875 bits per heavy atom. The van der Waals surface area contributed by atoms with E-state index in [1.165, 1.54) is 10.9 Å². The van der Waals surface area contributed by atoms with Gasteiger partial charge in [0.1, 0.15) is 5.56 Å². The Morgan fingerprint density at radius 2 is 1.56 bits per heavy atom. The van der Waals surface area contributed by atoms with Gasteiger partial charge < -0.3 is 0 Å². The summed E-state index contributed by atoms with van der Waals surface area (Å²) in [5, 5.41) is 1.30. The first-order chi connectivity index (χ1) is 15.4. The Morgan fingerprint density at radius 3 is 2.25 bits per heavy atom. The van der Waals surface area contributed by atoms with E-state index in [0.717, 1.165) is 5.56 Å². The molecular formula is C23H17Cl3N4O2. The lowest BCUT2D eigenvalue weighted by Gasteiger charge is -2.13. The predicted octanol–water partition coefficient (Wildman–Crippen LogP) is 5.40. The molecule has 0 unspecified atom stereocenters. The highest BCUT2D eigenvalue weighted by molar-refractivity contribution is 6.35. The normalized spacial score (nSPS) is 10.7. The number of carbonyl (C=O) groups excluding carboxylic acids is 1. The number of nitrogens with one attached hydrogen (secondary N) is 2. The van der Waals surface area contributed by atoms with Gasteiger partial charge in [-0.2, -0.15) is 0 Å². The van der Waals surface area contributed by atoms with E-state index in [1.54, 1.807) is 47.1 Å². The highest BCUT2D eigenvalue weighted by atomic mass is 35.5. The Balaban J connectivity index is 1.70. The molecule has 0 atom stereocenters. The number of nitrogens with zero attached hydrogens (tertiary/aromatic N) is 2. The zero-order chi connectivity index (χ0) is 22.7. The van der Waals surface area contributed by atoms with Crippen LogP contribution in [0.15, 0.2) is 83.8 Å². The quantitative estimate of drug-likeness (QED) is 0.358. The van der Waals surface area contributed by atoms with Crippen molar-refractivity contribution in [3.05, 3.63) is 116 Å². The minimum absolute atomic E-state index is 0.0478.